The molecule has 0 radical (unpaired) electrons. The fourth-order valence-corrected chi connectivity index (χ4v) is 6.41. The Balaban J connectivity index is 1.39. The Morgan fingerprint density at radius 1 is 1.08 bits per heavy atom. The summed E-state index contributed by atoms with van der Waals surface area (Å²) in [5.74, 6) is -0.143. The molecule has 0 atom stereocenters. The molecular formula is C30H39FN4O2. The van der Waals surface area contributed by atoms with Crippen LogP contribution in [-0.4, -0.2) is 53.7 Å². The van der Waals surface area contributed by atoms with Gasteiger partial charge >= 0.3 is 0 Å². The van der Waals surface area contributed by atoms with Gasteiger partial charge in [0, 0.05) is 60.8 Å². The highest BCUT2D eigenvalue weighted by Crippen LogP contribution is 2.34. The van der Waals surface area contributed by atoms with E-state index < -0.39 is 6.17 Å². The number of fused-ring (bicyclic) bond motifs is 2. The van der Waals surface area contributed by atoms with Gasteiger partial charge in [-0.3, -0.25) is 14.5 Å². The Morgan fingerprint density at radius 2 is 1.86 bits per heavy atom. The molecule has 1 aromatic heterocycles. The Hall–Kier alpha value is -2.93. The predicted octanol–water partition coefficient (Wildman–Crippen LogP) is 4.45. The molecule has 5 rings (SSSR count). The number of aromatic nitrogens is 1. The first kappa shape index (κ1) is 25.7. The number of rotatable bonds is 4. The topological polar surface area (TPSA) is 68.4 Å². The SMILES string of the molecule is CCN(c1cccc2c1CC=CCCc1cc(C)[nH]c(=O)c1CNC2=O)C1CCC(N2CC(F)C2)CC1. The third kappa shape index (κ3) is 5.52. The number of benzene rings is 1. The third-order valence-electron chi connectivity index (χ3n) is 8.39. The molecule has 37 heavy (non-hydrogen) atoms. The maximum absolute atomic E-state index is 13.4. The van der Waals surface area contributed by atoms with Crippen LogP contribution in [0.25, 0.3) is 0 Å². The fourth-order valence-electron chi connectivity index (χ4n) is 6.41. The van der Waals surface area contributed by atoms with Crippen molar-refractivity contribution in [2.75, 3.05) is 24.5 Å². The second kappa shape index (κ2) is 11.2. The molecule has 3 aliphatic rings. The number of carbonyl (C=O) groups excluding carboxylic acids is 1. The second-order valence-corrected chi connectivity index (χ2v) is 10.8. The zero-order chi connectivity index (χ0) is 25.9. The maximum atomic E-state index is 13.4. The molecule has 1 saturated heterocycles. The first-order valence-electron chi connectivity index (χ1n) is 13.9. The second-order valence-electron chi connectivity index (χ2n) is 10.8. The lowest BCUT2D eigenvalue weighted by Gasteiger charge is -2.46. The number of nitrogens with zero attached hydrogens (tertiary/aromatic N) is 2. The van der Waals surface area contributed by atoms with E-state index >= 15 is 0 Å². The number of hydrogen-bond acceptors (Lipinski definition) is 4. The molecule has 0 bridgehead atoms. The van der Waals surface area contributed by atoms with Crippen molar-refractivity contribution >= 4 is 11.6 Å². The summed E-state index contributed by atoms with van der Waals surface area (Å²) < 4.78 is 13.4. The van der Waals surface area contributed by atoms with Crippen LogP contribution in [-0.2, 0) is 19.4 Å². The molecule has 6 nitrogen and oxygen atoms in total. The summed E-state index contributed by atoms with van der Waals surface area (Å²) in [6.45, 7) is 6.35. The number of nitrogens with one attached hydrogen (secondary N) is 2. The molecule has 1 saturated carbocycles. The van der Waals surface area contributed by atoms with E-state index in [0.29, 0.717) is 42.7 Å². The molecule has 2 aliphatic heterocycles. The Bertz CT molecular complexity index is 1210. The van der Waals surface area contributed by atoms with Crippen LogP contribution < -0.4 is 15.8 Å². The lowest BCUT2D eigenvalue weighted by molar-refractivity contribution is 0.0120. The average molecular weight is 507 g/mol. The van der Waals surface area contributed by atoms with Crippen molar-refractivity contribution in [3.05, 3.63) is 74.7 Å². The van der Waals surface area contributed by atoms with E-state index in [2.05, 4.69) is 45.2 Å². The van der Waals surface area contributed by atoms with Crippen LogP contribution in [0.3, 0.4) is 0 Å². The highest BCUT2D eigenvalue weighted by atomic mass is 19.1. The van der Waals surface area contributed by atoms with E-state index in [1.165, 1.54) is 0 Å². The number of hydrogen-bond donors (Lipinski definition) is 2. The number of allylic oxidation sites excluding steroid dienone is 2. The van der Waals surface area contributed by atoms with E-state index in [9.17, 15) is 14.0 Å². The molecule has 7 heteroatoms. The van der Waals surface area contributed by atoms with Crippen molar-refractivity contribution in [3.63, 3.8) is 0 Å². The monoisotopic (exact) mass is 506 g/mol. The van der Waals surface area contributed by atoms with Crippen LogP contribution in [0.5, 0.6) is 0 Å². The van der Waals surface area contributed by atoms with E-state index in [-0.39, 0.29) is 18.0 Å². The minimum atomic E-state index is -0.648. The number of H-pyrrole nitrogens is 1. The van der Waals surface area contributed by atoms with Crippen molar-refractivity contribution < 1.29 is 9.18 Å². The van der Waals surface area contributed by atoms with Gasteiger partial charge in [0.1, 0.15) is 6.17 Å². The van der Waals surface area contributed by atoms with Gasteiger partial charge in [0.05, 0.1) is 0 Å². The number of halogens is 1. The van der Waals surface area contributed by atoms with Gasteiger partial charge in [-0.15, -0.1) is 0 Å². The van der Waals surface area contributed by atoms with Gasteiger partial charge in [-0.2, -0.15) is 0 Å². The number of pyridine rings is 1. The highest BCUT2D eigenvalue weighted by Gasteiger charge is 2.36. The number of anilines is 1. The van der Waals surface area contributed by atoms with Crippen molar-refractivity contribution in [2.24, 2.45) is 0 Å². The lowest BCUT2D eigenvalue weighted by atomic mass is 9.87. The maximum Gasteiger partial charge on any atom is 0.253 e. The smallest absolute Gasteiger partial charge is 0.253 e. The first-order chi connectivity index (χ1) is 17.9. The molecule has 3 heterocycles. The molecule has 1 aromatic carbocycles. The van der Waals surface area contributed by atoms with Crippen LogP contribution in [0.2, 0.25) is 0 Å². The molecular weight excluding hydrogens is 467 g/mol. The molecule has 2 aromatic rings. The molecule has 2 fully saturated rings. The zero-order valence-electron chi connectivity index (χ0n) is 22.1. The Kier molecular flexibility index (Phi) is 7.79. The van der Waals surface area contributed by atoms with Crippen molar-refractivity contribution in [1.82, 2.24) is 15.2 Å². The number of amides is 1. The quantitative estimate of drug-likeness (QED) is 0.602. The summed E-state index contributed by atoms with van der Waals surface area (Å²) in [5.41, 5.74) is 5.19. The van der Waals surface area contributed by atoms with Gasteiger partial charge in [-0.05, 0) is 88.1 Å². The number of likely N-dealkylation sites (tertiary alicyclic amines) is 1. The standard InChI is InChI=1S/C30H39FN4O2/c1-3-35(24-14-12-23(13-15-24)34-18-22(31)19-34)28-11-7-10-26-25(28)9-6-4-5-8-21-16-20(2)33-30(37)27(21)17-32-29(26)36/h4,6-7,10-11,16,22-24H,3,5,8-9,12-15,17-19H2,1-2H3,(H,32,36)(H,33,37). The van der Waals surface area contributed by atoms with Gasteiger partial charge in [0.2, 0.25) is 0 Å². The van der Waals surface area contributed by atoms with E-state index in [4.69, 9.17) is 0 Å². The average Bonchev–Trinajstić information content (AvgIpc) is 2.86. The van der Waals surface area contributed by atoms with Gasteiger partial charge in [0.15, 0.2) is 0 Å². The van der Waals surface area contributed by atoms with E-state index in [1.54, 1.807) is 0 Å². The summed E-state index contributed by atoms with van der Waals surface area (Å²) in [7, 11) is 0. The summed E-state index contributed by atoms with van der Waals surface area (Å²) in [4.78, 5) is 33.7. The van der Waals surface area contributed by atoms with Crippen molar-refractivity contribution in [3.8, 4) is 0 Å². The molecule has 0 spiro atoms. The number of alkyl halides is 1. The molecule has 0 unspecified atom stereocenters. The van der Waals surface area contributed by atoms with Gasteiger partial charge < -0.3 is 15.2 Å². The Labute approximate surface area is 218 Å². The van der Waals surface area contributed by atoms with Crippen LogP contribution in [0.4, 0.5) is 10.1 Å². The minimum Gasteiger partial charge on any atom is -0.369 e. The number of carbonyl (C=O) groups is 1. The van der Waals surface area contributed by atoms with E-state index in [1.807, 2.05) is 25.1 Å². The zero-order valence-corrected chi connectivity index (χ0v) is 22.1. The van der Waals surface area contributed by atoms with Crippen LogP contribution in [0.15, 0.2) is 41.2 Å². The van der Waals surface area contributed by atoms with Crippen LogP contribution in [0, 0.1) is 6.92 Å². The predicted molar refractivity (Wildman–Crippen MR) is 146 cm³/mol. The van der Waals surface area contributed by atoms with Crippen molar-refractivity contribution in [1.29, 1.82) is 0 Å². The van der Waals surface area contributed by atoms with Crippen LogP contribution in [0.1, 0.15) is 71.8 Å². The normalized spacial score (nSPS) is 23.2. The fraction of sp³-hybridized carbons (Fsp3) is 0.533. The number of aryl methyl sites for hydroxylation is 2. The van der Waals surface area contributed by atoms with E-state index in [0.717, 1.165) is 67.6 Å². The third-order valence-corrected chi connectivity index (χ3v) is 8.39. The van der Waals surface area contributed by atoms with Crippen LogP contribution >= 0.6 is 0 Å². The summed E-state index contributed by atoms with van der Waals surface area (Å²) in [6.07, 6.45) is 10.3. The summed E-state index contributed by atoms with van der Waals surface area (Å²) in [6, 6.07) is 8.95. The molecule has 198 valence electrons. The summed E-state index contributed by atoms with van der Waals surface area (Å²) in [5, 5.41) is 3.03. The Morgan fingerprint density at radius 3 is 2.59 bits per heavy atom. The molecule has 1 amide bonds. The van der Waals surface area contributed by atoms with Gasteiger partial charge in [0.25, 0.3) is 11.5 Å². The highest BCUT2D eigenvalue weighted by molar-refractivity contribution is 5.97. The minimum absolute atomic E-state index is 0.127. The molecule has 1 aliphatic carbocycles. The van der Waals surface area contributed by atoms with Crippen molar-refractivity contribution in [2.45, 2.75) is 83.6 Å². The lowest BCUT2D eigenvalue weighted by Crippen LogP contribution is -2.55. The molecule has 2 N–H and O–H groups in total. The summed E-state index contributed by atoms with van der Waals surface area (Å²) >= 11 is 0. The van der Waals surface area contributed by atoms with Gasteiger partial charge in [-0.1, -0.05) is 18.2 Å². The largest absolute Gasteiger partial charge is 0.369 e. The number of aromatic amines is 1. The first-order valence-corrected chi connectivity index (χ1v) is 13.9. The van der Waals surface area contributed by atoms with Gasteiger partial charge in [-0.25, -0.2) is 4.39 Å².